The summed E-state index contributed by atoms with van der Waals surface area (Å²) >= 11 is 0. The smallest absolute Gasteiger partial charge is 0.307 e. The van der Waals surface area contributed by atoms with Gasteiger partial charge in [-0.2, -0.15) is 0 Å². The molecule has 0 rings (SSSR count). The SMILES string of the molecule is COC(=O)CC(N)CCCN. The van der Waals surface area contributed by atoms with Crippen molar-refractivity contribution in [2.45, 2.75) is 25.3 Å². The van der Waals surface area contributed by atoms with Crippen LogP contribution in [-0.4, -0.2) is 25.7 Å². The fourth-order valence-corrected chi connectivity index (χ4v) is 0.780. The molecule has 0 aromatic rings. The first-order valence-electron chi connectivity index (χ1n) is 3.73. The Morgan fingerprint density at radius 2 is 2.27 bits per heavy atom. The number of methoxy groups -OCH3 is 1. The van der Waals surface area contributed by atoms with Crippen LogP contribution in [0.15, 0.2) is 0 Å². The fraction of sp³-hybridized carbons (Fsp3) is 0.857. The maximum absolute atomic E-state index is 10.7. The molecule has 66 valence electrons. The molecule has 0 aliphatic heterocycles. The van der Waals surface area contributed by atoms with Crippen molar-refractivity contribution in [1.29, 1.82) is 0 Å². The van der Waals surface area contributed by atoms with Crippen molar-refractivity contribution in [1.82, 2.24) is 0 Å². The number of carbonyl (C=O) groups excluding carboxylic acids is 1. The van der Waals surface area contributed by atoms with Gasteiger partial charge in [0.2, 0.25) is 0 Å². The number of nitrogens with two attached hydrogens (primary N) is 2. The van der Waals surface area contributed by atoms with E-state index >= 15 is 0 Å². The molecule has 1 atom stereocenters. The highest BCUT2D eigenvalue weighted by atomic mass is 16.5. The van der Waals surface area contributed by atoms with Crippen LogP contribution in [0.1, 0.15) is 19.3 Å². The summed E-state index contributed by atoms with van der Waals surface area (Å²) in [6.07, 6.45) is 1.93. The predicted molar refractivity (Wildman–Crippen MR) is 42.9 cm³/mol. The van der Waals surface area contributed by atoms with Gasteiger partial charge in [-0.15, -0.1) is 0 Å². The van der Waals surface area contributed by atoms with Gasteiger partial charge in [-0.3, -0.25) is 4.79 Å². The Balaban J connectivity index is 3.35. The van der Waals surface area contributed by atoms with Crippen molar-refractivity contribution in [3.8, 4) is 0 Å². The van der Waals surface area contributed by atoms with Crippen molar-refractivity contribution in [2.24, 2.45) is 11.5 Å². The highest BCUT2D eigenvalue weighted by molar-refractivity contribution is 5.69. The van der Waals surface area contributed by atoms with Gasteiger partial charge in [0.1, 0.15) is 0 Å². The van der Waals surface area contributed by atoms with Gasteiger partial charge in [0, 0.05) is 6.04 Å². The first-order valence-corrected chi connectivity index (χ1v) is 3.73. The van der Waals surface area contributed by atoms with E-state index in [2.05, 4.69) is 4.74 Å². The Labute approximate surface area is 66.9 Å². The molecule has 0 fully saturated rings. The van der Waals surface area contributed by atoms with Crippen molar-refractivity contribution in [2.75, 3.05) is 13.7 Å². The Morgan fingerprint density at radius 1 is 1.64 bits per heavy atom. The predicted octanol–water partition coefficient (Wildman–Crippen LogP) is -0.384. The zero-order valence-corrected chi connectivity index (χ0v) is 6.88. The maximum atomic E-state index is 10.7. The third kappa shape index (κ3) is 5.82. The van der Waals surface area contributed by atoms with Gasteiger partial charge in [0.25, 0.3) is 0 Å². The molecule has 0 amide bonds. The molecule has 1 unspecified atom stereocenters. The molecule has 11 heavy (non-hydrogen) atoms. The van der Waals surface area contributed by atoms with Gasteiger partial charge in [0.05, 0.1) is 13.5 Å². The van der Waals surface area contributed by atoms with Crippen LogP contribution in [-0.2, 0) is 9.53 Å². The quantitative estimate of drug-likeness (QED) is 0.537. The first kappa shape index (κ1) is 10.4. The molecule has 0 aliphatic rings. The van der Waals surface area contributed by atoms with E-state index in [9.17, 15) is 4.79 Å². The molecule has 0 aliphatic carbocycles. The summed E-state index contributed by atoms with van der Waals surface area (Å²) in [4.78, 5) is 10.7. The lowest BCUT2D eigenvalue weighted by molar-refractivity contribution is -0.141. The summed E-state index contributed by atoms with van der Waals surface area (Å²) in [5, 5.41) is 0. The van der Waals surface area contributed by atoms with Crippen LogP contribution in [0.25, 0.3) is 0 Å². The molecule has 4 nitrogen and oxygen atoms in total. The average molecular weight is 160 g/mol. The Hall–Kier alpha value is -0.610. The van der Waals surface area contributed by atoms with Crippen molar-refractivity contribution in [3.05, 3.63) is 0 Å². The summed E-state index contributed by atoms with van der Waals surface area (Å²) in [6.45, 7) is 0.620. The third-order valence-electron chi connectivity index (χ3n) is 1.44. The largest absolute Gasteiger partial charge is 0.469 e. The number of ether oxygens (including phenoxy) is 1. The van der Waals surface area contributed by atoms with Crippen LogP contribution in [0.2, 0.25) is 0 Å². The summed E-state index contributed by atoms with van der Waals surface area (Å²) < 4.78 is 4.45. The average Bonchev–Trinajstić information content (AvgIpc) is 2.00. The van der Waals surface area contributed by atoms with Gasteiger partial charge in [0.15, 0.2) is 0 Å². The number of rotatable bonds is 5. The number of carbonyl (C=O) groups is 1. The highest BCUT2D eigenvalue weighted by Gasteiger charge is 2.07. The number of hydrogen-bond acceptors (Lipinski definition) is 4. The van der Waals surface area contributed by atoms with E-state index in [0.717, 1.165) is 12.8 Å². The lowest BCUT2D eigenvalue weighted by atomic mass is 10.1. The molecule has 0 radical (unpaired) electrons. The monoisotopic (exact) mass is 160 g/mol. The van der Waals surface area contributed by atoms with Crippen LogP contribution in [0.5, 0.6) is 0 Å². The highest BCUT2D eigenvalue weighted by Crippen LogP contribution is 1.98. The topological polar surface area (TPSA) is 78.3 Å². The Morgan fingerprint density at radius 3 is 2.73 bits per heavy atom. The molecule has 0 saturated carbocycles. The maximum Gasteiger partial charge on any atom is 0.307 e. The van der Waals surface area contributed by atoms with Crippen molar-refractivity contribution in [3.63, 3.8) is 0 Å². The zero-order valence-electron chi connectivity index (χ0n) is 6.88. The van der Waals surface area contributed by atoms with Crippen LogP contribution < -0.4 is 11.5 Å². The molecular formula is C7H16N2O2. The molecule has 0 heterocycles. The molecule has 4 heteroatoms. The fourth-order valence-electron chi connectivity index (χ4n) is 0.780. The van der Waals surface area contributed by atoms with Crippen molar-refractivity contribution >= 4 is 5.97 Å². The van der Waals surface area contributed by atoms with Gasteiger partial charge in [-0.1, -0.05) is 0 Å². The van der Waals surface area contributed by atoms with Crippen LogP contribution in [0.3, 0.4) is 0 Å². The molecule has 0 aromatic carbocycles. The van der Waals surface area contributed by atoms with Gasteiger partial charge in [-0.05, 0) is 19.4 Å². The zero-order chi connectivity index (χ0) is 8.69. The van der Waals surface area contributed by atoms with E-state index in [0.29, 0.717) is 6.54 Å². The van der Waals surface area contributed by atoms with E-state index < -0.39 is 0 Å². The standard InChI is InChI=1S/C7H16N2O2/c1-11-7(10)5-6(9)3-2-4-8/h6H,2-5,8-9H2,1H3. The molecule has 0 saturated heterocycles. The Bertz CT molecular complexity index is 117. The van der Waals surface area contributed by atoms with Gasteiger partial charge >= 0.3 is 5.97 Å². The third-order valence-corrected chi connectivity index (χ3v) is 1.44. The van der Waals surface area contributed by atoms with E-state index in [1.807, 2.05) is 0 Å². The van der Waals surface area contributed by atoms with Gasteiger partial charge in [-0.25, -0.2) is 0 Å². The van der Waals surface area contributed by atoms with E-state index in [4.69, 9.17) is 11.5 Å². The molecular weight excluding hydrogens is 144 g/mol. The minimum atomic E-state index is -0.255. The second kappa shape index (κ2) is 6.12. The molecule has 0 aromatic heterocycles. The molecule has 0 spiro atoms. The van der Waals surface area contributed by atoms with E-state index in [1.165, 1.54) is 7.11 Å². The molecule has 4 N–H and O–H groups in total. The normalized spacial score (nSPS) is 12.6. The lowest BCUT2D eigenvalue weighted by Crippen LogP contribution is -2.25. The number of hydrogen-bond donors (Lipinski definition) is 2. The van der Waals surface area contributed by atoms with Crippen LogP contribution in [0, 0.1) is 0 Å². The van der Waals surface area contributed by atoms with Crippen LogP contribution >= 0.6 is 0 Å². The van der Waals surface area contributed by atoms with Crippen LogP contribution in [0.4, 0.5) is 0 Å². The minimum absolute atomic E-state index is 0.106. The second-order valence-corrected chi connectivity index (χ2v) is 2.47. The first-order chi connectivity index (χ1) is 5.20. The number of esters is 1. The Kier molecular flexibility index (Phi) is 5.78. The van der Waals surface area contributed by atoms with E-state index in [1.54, 1.807) is 0 Å². The molecule has 0 bridgehead atoms. The van der Waals surface area contributed by atoms with Crippen molar-refractivity contribution < 1.29 is 9.53 Å². The minimum Gasteiger partial charge on any atom is -0.469 e. The van der Waals surface area contributed by atoms with E-state index in [-0.39, 0.29) is 18.4 Å². The lowest BCUT2D eigenvalue weighted by Gasteiger charge is -2.07. The summed E-state index contributed by atoms with van der Waals surface area (Å²) in [6, 6.07) is -0.106. The summed E-state index contributed by atoms with van der Waals surface area (Å²) in [7, 11) is 1.36. The summed E-state index contributed by atoms with van der Waals surface area (Å²) in [5.41, 5.74) is 10.8. The summed E-state index contributed by atoms with van der Waals surface area (Å²) in [5.74, 6) is -0.255. The second-order valence-electron chi connectivity index (χ2n) is 2.47. The van der Waals surface area contributed by atoms with Gasteiger partial charge < -0.3 is 16.2 Å².